The summed E-state index contributed by atoms with van der Waals surface area (Å²) in [6.45, 7) is 3.24. The normalized spacial score (nSPS) is 28.1. The molecule has 0 saturated heterocycles. The highest BCUT2D eigenvalue weighted by Crippen LogP contribution is 2.40. The molecule has 28 heavy (non-hydrogen) atoms. The maximum atomic E-state index is 12.9. The highest BCUT2D eigenvalue weighted by atomic mass is 32.2. The zero-order valence-corrected chi connectivity index (χ0v) is 17.5. The number of carbonyl (C=O) groups excluding carboxylic acids is 1. The summed E-state index contributed by atoms with van der Waals surface area (Å²) in [4.78, 5) is 20.8. The van der Waals surface area contributed by atoms with Crippen LogP contribution in [0.5, 0.6) is 0 Å². The summed E-state index contributed by atoms with van der Waals surface area (Å²) >= 11 is 0. The molecule has 9 heteroatoms. The molecule has 2 aliphatic rings. The van der Waals surface area contributed by atoms with Gasteiger partial charge >= 0.3 is 6.18 Å². The summed E-state index contributed by atoms with van der Waals surface area (Å²) in [7, 11) is -1.03. The third-order valence-corrected chi connectivity index (χ3v) is 9.44. The number of rotatable bonds is 7. The van der Waals surface area contributed by atoms with Crippen molar-refractivity contribution in [2.24, 2.45) is 15.4 Å². The fraction of sp³-hybridized carbons (Fsp3) is 0.789. The van der Waals surface area contributed by atoms with E-state index in [1.54, 1.807) is 20.9 Å². The van der Waals surface area contributed by atoms with E-state index in [0.29, 0.717) is 11.4 Å². The van der Waals surface area contributed by atoms with Crippen LogP contribution >= 0.6 is 0 Å². The van der Waals surface area contributed by atoms with Gasteiger partial charge < -0.3 is 5.11 Å². The zero-order chi connectivity index (χ0) is 21.2. The minimum atomic E-state index is -4.27. The molecule has 0 spiro atoms. The quantitative estimate of drug-likeness (QED) is 0.506. The molecule has 160 valence electrons. The number of hydrogen-bond donors (Lipinski definition) is 1. The minimum absolute atomic E-state index is 0.0141. The molecule has 1 heterocycles. The first-order valence-corrected chi connectivity index (χ1v) is 11.3. The van der Waals surface area contributed by atoms with Crippen LogP contribution in [0.15, 0.2) is 9.98 Å². The highest BCUT2D eigenvalue weighted by molar-refractivity contribution is 8.07. The Morgan fingerprint density at radius 3 is 2.36 bits per heavy atom. The number of hydrogen-bond acceptors (Lipinski definition) is 4. The van der Waals surface area contributed by atoms with Gasteiger partial charge in [0.1, 0.15) is 0 Å². The van der Waals surface area contributed by atoms with Crippen molar-refractivity contribution < 1.29 is 27.3 Å². The Hall–Kier alpha value is -1.22. The number of aliphatic imine (C=N–C) groups is 2. The van der Waals surface area contributed by atoms with Crippen molar-refractivity contribution in [2.75, 3.05) is 19.4 Å². The van der Waals surface area contributed by atoms with E-state index in [-0.39, 0.29) is 25.2 Å². The Bertz CT molecular complexity index is 785. The van der Waals surface area contributed by atoms with Crippen molar-refractivity contribution in [3.8, 4) is 0 Å². The van der Waals surface area contributed by atoms with Gasteiger partial charge in [-0.15, -0.1) is 0 Å². The van der Waals surface area contributed by atoms with Crippen molar-refractivity contribution in [3.63, 3.8) is 0 Å². The van der Waals surface area contributed by atoms with Gasteiger partial charge in [0.25, 0.3) is 5.91 Å². The number of nitrogens with zero attached hydrogens (tertiary/aromatic N) is 2. The van der Waals surface area contributed by atoms with Gasteiger partial charge in [-0.25, -0.2) is 4.99 Å². The topological polar surface area (TPSA) is 79.1 Å². The molecule has 0 radical (unpaired) electrons. The first-order chi connectivity index (χ1) is 12.9. The molecule has 1 aliphatic heterocycles. The monoisotopic (exact) mass is 422 g/mol. The van der Waals surface area contributed by atoms with E-state index in [1.165, 1.54) is 5.37 Å². The zero-order valence-electron chi connectivity index (χ0n) is 16.6. The van der Waals surface area contributed by atoms with Crippen LogP contribution < -0.4 is 0 Å². The SMILES string of the molecule is CN=C(CC(=O)N=C1C=S(=O)(CCCC(F)(F)F)C1(C)C)C1(CO)CCCC1. The molecule has 5 nitrogen and oxygen atoms in total. The predicted molar refractivity (Wildman–Crippen MR) is 107 cm³/mol. The van der Waals surface area contributed by atoms with Crippen molar-refractivity contribution in [1.29, 1.82) is 0 Å². The van der Waals surface area contributed by atoms with E-state index < -0.39 is 38.2 Å². The number of amides is 1. The van der Waals surface area contributed by atoms with Crippen LogP contribution in [0, 0.1) is 5.41 Å². The number of halogens is 3. The molecule has 1 N–H and O–H groups in total. The Kier molecular flexibility index (Phi) is 6.80. The molecule has 0 bridgehead atoms. The van der Waals surface area contributed by atoms with Crippen molar-refractivity contribution in [2.45, 2.75) is 69.7 Å². The first kappa shape index (κ1) is 23.1. The van der Waals surface area contributed by atoms with Crippen LogP contribution in [0.25, 0.3) is 0 Å². The highest BCUT2D eigenvalue weighted by Gasteiger charge is 2.45. The fourth-order valence-corrected chi connectivity index (χ4v) is 6.44. The smallest absolute Gasteiger partial charge is 0.389 e. The molecule has 0 aromatic heterocycles. The maximum absolute atomic E-state index is 12.9. The number of aliphatic hydroxyl groups excluding tert-OH is 1. The maximum Gasteiger partial charge on any atom is 0.389 e. The van der Waals surface area contributed by atoms with Crippen LogP contribution in [0.4, 0.5) is 13.2 Å². The second kappa shape index (κ2) is 8.26. The third kappa shape index (κ3) is 4.67. The van der Waals surface area contributed by atoms with E-state index >= 15 is 0 Å². The van der Waals surface area contributed by atoms with Gasteiger partial charge in [0.15, 0.2) is 0 Å². The lowest BCUT2D eigenvalue weighted by Crippen LogP contribution is -2.54. The molecule has 1 aliphatic carbocycles. The van der Waals surface area contributed by atoms with Crippen molar-refractivity contribution in [1.82, 2.24) is 0 Å². The first-order valence-electron chi connectivity index (χ1n) is 9.51. The lowest BCUT2D eigenvalue weighted by molar-refractivity contribution is -0.134. The molecular formula is C19H29F3N2O3S. The van der Waals surface area contributed by atoms with Crippen LogP contribution in [0.3, 0.4) is 0 Å². The predicted octanol–water partition coefficient (Wildman–Crippen LogP) is 3.19. The van der Waals surface area contributed by atoms with E-state index in [0.717, 1.165) is 25.7 Å². The van der Waals surface area contributed by atoms with Gasteiger partial charge in [-0.3, -0.25) is 14.0 Å². The lowest BCUT2D eigenvalue weighted by Gasteiger charge is -2.38. The van der Waals surface area contributed by atoms with Gasteiger partial charge in [0.2, 0.25) is 0 Å². The van der Waals surface area contributed by atoms with E-state index in [2.05, 4.69) is 9.98 Å². The fourth-order valence-electron chi connectivity index (χ4n) is 3.96. The van der Waals surface area contributed by atoms with Crippen LogP contribution in [-0.4, -0.2) is 62.3 Å². The van der Waals surface area contributed by atoms with Crippen LogP contribution in [-0.2, 0) is 14.3 Å². The summed E-state index contributed by atoms with van der Waals surface area (Å²) in [5, 5.41) is 11.2. The molecule has 1 saturated carbocycles. The Labute approximate surface area is 164 Å². The molecule has 1 amide bonds. The van der Waals surface area contributed by atoms with E-state index in [9.17, 15) is 27.3 Å². The van der Waals surface area contributed by atoms with Crippen molar-refractivity contribution >= 4 is 32.2 Å². The molecule has 1 fully saturated rings. The number of aliphatic hydroxyl groups is 1. The number of carbonyl (C=O) groups is 1. The summed E-state index contributed by atoms with van der Waals surface area (Å²) in [5.74, 6) is -0.501. The molecule has 0 aromatic carbocycles. The summed E-state index contributed by atoms with van der Waals surface area (Å²) in [6, 6.07) is 0. The third-order valence-electron chi connectivity index (χ3n) is 6.00. The van der Waals surface area contributed by atoms with Gasteiger partial charge in [0.05, 0.1) is 23.5 Å². The summed E-state index contributed by atoms with van der Waals surface area (Å²) in [6.07, 6.45) is -1.95. The lowest BCUT2D eigenvalue weighted by atomic mass is 9.80. The minimum Gasteiger partial charge on any atom is -0.395 e. The van der Waals surface area contributed by atoms with E-state index in [1.807, 2.05) is 0 Å². The van der Waals surface area contributed by atoms with Crippen molar-refractivity contribution in [3.05, 3.63) is 0 Å². The van der Waals surface area contributed by atoms with Gasteiger partial charge in [-0.1, -0.05) is 12.8 Å². The molecule has 2 rings (SSSR count). The van der Waals surface area contributed by atoms with Gasteiger partial charge in [0, 0.05) is 35.7 Å². The largest absolute Gasteiger partial charge is 0.395 e. The summed E-state index contributed by atoms with van der Waals surface area (Å²) < 4.78 is 49.0. The second-order valence-electron chi connectivity index (χ2n) is 8.16. The number of alkyl halides is 3. The standard InChI is InChI=1S/C19H29F3N2O3S/c1-17(2)15(12-28(17,27)10-6-9-19(20,21)22)24-16(26)11-14(23-3)18(13-25)7-4-5-8-18/h12,25H,4-11,13H2,1-3H3. The Balaban J connectivity index is 2.09. The van der Waals surface area contributed by atoms with Crippen LogP contribution in [0.1, 0.15) is 58.8 Å². The second-order valence-corrected chi connectivity index (χ2v) is 11.3. The molecule has 1 unspecified atom stereocenters. The molecular weight excluding hydrogens is 393 g/mol. The van der Waals surface area contributed by atoms with Gasteiger partial charge in [-0.05, 0) is 42.6 Å². The molecule has 1 atom stereocenters. The molecule has 0 aromatic rings. The van der Waals surface area contributed by atoms with Gasteiger partial charge in [-0.2, -0.15) is 13.2 Å². The Morgan fingerprint density at radius 1 is 1.29 bits per heavy atom. The van der Waals surface area contributed by atoms with E-state index in [4.69, 9.17) is 0 Å². The Morgan fingerprint density at radius 2 is 1.89 bits per heavy atom. The average molecular weight is 423 g/mol. The van der Waals surface area contributed by atoms with Crippen LogP contribution in [0.2, 0.25) is 0 Å². The summed E-state index contributed by atoms with van der Waals surface area (Å²) in [5.41, 5.74) is 0.522. The average Bonchev–Trinajstić information content (AvgIpc) is 3.08.